The summed E-state index contributed by atoms with van der Waals surface area (Å²) >= 11 is 3.55. The Morgan fingerprint density at radius 2 is 2.21 bits per heavy atom. The van der Waals surface area contributed by atoms with E-state index in [4.69, 9.17) is 0 Å². The molecule has 2 heterocycles. The van der Waals surface area contributed by atoms with Crippen molar-refractivity contribution in [3.05, 3.63) is 40.9 Å². The lowest BCUT2D eigenvalue weighted by atomic mass is 10.3. The smallest absolute Gasteiger partial charge is 0.148 e. The third-order valence-electron chi connectivity index (χ3n) is 2.62. The van der Waals surface area contributed by atoms with Gasteiger partial charge in [0.15, 0.2) is 0 Å². The molecule has 0 unspecified atom stereocenters. The second-order valence-corrected chi connectivity index (χ2v) is 4.90. The standard InChI is InChI=1S/C13H16BrN5/c1-3-16-12-11(14)13(18-9-17-12)19(2)8-10-5-4-6-15-7-10/h4-7,9H,3,8H2,1-2H3,(H,16,17,18). The van der Waals surface area contributed by atoms with E-state index in [0.29, 0.717) is 0 Å². The van der Waals surface area contributed by atoms with Gasteiger partial charge in [0.2, 0.25) is 0 Å². The molecule has 0 saturated heterocycles. The molecule has 0 bridgehead atoms. The van der Waals surface area contributed by atoms with Crippen LogP contribution in [0.5, 0.6) is 0 Å². The number of rotatable bonds is 5. The van der Waals surface area contributed by atoms with Crippen molar-refractivity contribution in [2.45, 2.75) is 13.5 Å². The number of hydrogen-bond acceptors (Lipinski definition) is 5. The first kappa shape index (κ1) is 13.7. The number of nitrogens with one attached hydrogen (secondary N) is 1. The number of aromatic nitrogens is 3. The zero-order chi connectivity index (χ0) is 13.7. The van der Waals surface area contributed by atoms with Gasteiger partial charge in [-0.1, -0.05) is 6.07 Å². The van der Waals surface area contributed by atoms with E-state index in [1.54, 1.807) is 12.5 Å². The summed E-state index contributed by atoms with van der Waals surface area (Å²) in [5.41, 5.74) is 1.14. The zero-order valence-electron chi connectivity index (χ0n) is 11.0. The SMILES string of the molecule is CCNc1ncnc(N(C)Cc2cccnc2)c1Br. The molecule has 6 heteroatoms. The summed E-state index contributed by atoms with van der Waals surface area (Å²) in [6.07, 6.45) is 5.20. The Balaban J connectivity index is 2.19. The minimum atomic E-state index is 0.745. The molecule has 0 amide bonds. The lowest BCUT2D eigenvalue weighted by molar-refractivity contribution is 0.880. The highest BCUT2D eigenvalue weighted by molar-refractivity contribution is 9.10. The van der Waals surface area contributed by atoms with Crippen LogP contribution in [-0.2, 0) is 6.54 Å². The molecule has 0 saturated carbocycles. The summed E-state index contributed by atoms with van der Waals surface area (Å²) in [5.74, 6) is 1.67. The number of pyridine rings is 1. The van der Waals surface area contributed by atoms with E-state index >= 15 is 0 Å². The van der Waals surface area contributed by atoms with Crippen LogP contribution in [0, 0.1) is 0 Å². The van der Waals surface area contributed by atoms with E-state index in [9.17, 15) is 0 Å². The van der Waals surface area contributed by atoms with Gasteiger partial charge < -0.3 is 10.2 Å². The van der Waals surface area contributed by atoms with Crippen LogP contribution in [0.25, 0.3) is 0 Å². The highest BCUT2D eigenvalue weighted by atomic mass is 79.9. The van der Waals surface area contributed by atoms with Crippen molar-refractivity contribution >= 4 is 27.6 Å². The Morgan fingerprint density at radius 3 is 2.89 bits per heavy atom. The van der Waals surface area contributed by atoms with Gasteiger partial charge in [-0.25, -0.2) is 9.97 Å². The Hall–Kier alpha value is -1.69. The molecule has 0 fully saturated rings. The highest BCUT2D eigenvalue weighted by Gasteiger charge is 2.12. The molecule has 0 aromatic carbocycles. The van der Waals surface area contributed by atoms with Gasteiger partial charge in [0.05, 0.1) is 0 Å². The summed E-state index contributed by atoms with van der Waals surface area (Å²) in [6.45, 7) is 3.60. The van der Waals surface area contributed by atoms with Crippen LogP contribution in [0.15, 0.2) is 35.3 Å². The Bertz CT molecular complexity index is 532. The van der Waals surface area contributed by atoms with Gasteiger partial charge in [-0.05, 0) is 34.5 Å². The quantitative estimate of drug-likeness (QED) is 0.917. The normalized spacial score (nSPS) is 10.3. The Kier molecular flexibility index (Phi) is 4.68. The molecule has 0 radical (unpaired) electrons. The van der Waals surface area contributed by atoms with Gasteiger partial charge >= 0.3 is 0 Å². The van der Waals surface area contributed by atoms with Crippen molar-refractivity contribution < 1.29 is 0 Å². The van der Waals surface area contributed by atoms with Gasteiger partial charge in [-0.2, -0.15) is 0 Å². The zero-order valence-corrected chi connectivity index (χ0v) is 12.6. The average molecular weight is 322 g/mol. The van der Waals surface area contributed by atoms with Crippen molar-refractivity contribution in [3.8, 4) is 0 Å². The molecule has 0 atom stereocenters. The average Bonchev–Trinajstić information content (AvgIpc) is 2.42. The van der Waals surface area contributed by atoms with Gasteiger partial charge in [0.25, 0.3) is 0 Å². The van der Waals surface area contributed by atoms with Crippen LogP contribution in [-0.4, -0.2) is 28.5 Å². The number of anilines is 2. The summed E-state index contributed by atoms with van der Waals surface area (Å²) in [5, 5.41) is 3.20. The summed E-state index contributed by atoms with van der Waals surface area (Å²) in [6, 6.07) is 3.98. The molecule has 2 aromatic rings. The van der Waals surface area contributed by atoms with Crippen LogP contribution in [0.2, 0.25) is 0 Å². The molecule has 0 aliphatic carbocycles. The fourth-order valence-corrected chi connectivity index (χ4v) is 2.41. The summed E-state index contributed by atoms with van der Waals surface area (Å²) < 4.78 is 0.878. The molecule has 2 rings (SSSR count). The fourth-order valence-electron chi connectivity index (χ4n) is 1.76. The van der Waals surface area contributed by atoms with E-state index in [2.05, 4.69) is 41.1 Å². The summed E-state index contributed by atoms with van der Waals surface area (Å²) in [4.78, 5) is 14.7. The van der Waals surface area contributed by atoms with E-state index < -0.39 is 0 Å². The van der Waals surface area contributed by atoms with Crippen LogP contribution in [0.1, 0.15) is 12.5 Å². The lowest BCUT2D eigenvalue weighted by Gasteiger charge is -2.20. The van der Waals surface area contributed by atoms with Crippen molar-refractivity contribution in [2.24, 2.45) is 0 Å². The predicted molar refractivity (Wildman–Crippen MR) is 80.2 cm³/mol. The van der Waals surface area contributed by atoms with E-state index in [0.717, 1.165) is 34.8 Å². The number of hydrogen-bond donors (Lipinski definition) is 1. The van der Waals surface area contributed by atoms with Gasteiger partial charge in [-0.3, -0.25) is 4.98 Å². The second kappa shape index (κ2) is 6.47. The first-order valence-electron chi connectivity index (χ1n) is 6.06. The monoisotopic (exact) mass is 321 g/mol. The van der Waals surface area contributed by atoms with Crippen molar-refractivity contribution in [1.29, 1.82) is 0 Å². The van der Waals surface area contributed by atoms with Crippen LogP contribution in [0.3, 0.4) is 0 Å². The van der Waals surface area contributed by atoms with E-state index in [-0.39, 0.29) is 0 Å². The van der Waals surface area contributed by atoms with Crippen LogP contribution in [0.4, 0.5) is 11.6 Å². The highest BCUT2D eigenvalue weighted by Crippen LogP contribution is 2.29. The van der Waals surface area contributed by atoms with Crippen LogP contribution >= 0.6 is 15.9 Å². The molecule has 0 aliphatic heterocycles. The minimum absolute atomic E-state index is 0.745. The maximum Gasteiger partial charge on any atom is 0.148 e. The molecule has 5 nitrogen and oxygen atoms in total. The first-order chi connectivity index (χ1) is 9.22. The first-order valence-corrected chi connectivity index (χ1v) is 6.86. The minimum Gasteiger partial charge on any atom is -0.369 e. The molecule has 0 spiro atoms. The van der Waals surface area contributed by atoms with E-state index in [1.807, 2.05) is 32.3 Å². The Morgan fingerprint density at radius 1 is 1.37 bits per heavy atom. The molecule has 19 heavy (non-hydrogen) atoms. The molecule has 100 valence electrons. The van der Waals surface area contributed by atoms with Crippen LogP contribution < -0.4 is 10.2 Å². The molecule has 1 N–H and O–H groups in total. The van der Waals surface area contributed by atoms with E-state index in [1.165, 1.54) is 0 Å². The molecule has 2 aromatic heterocycles. The maximum atomic E-state index is 4.32. The van der Waals surface area contributed by atoms with Crippen molar-refractivity contribution in [1.82, 2.24) is 15.0 Å². The predicted octanol–water partition coefficient (Wildman–Crippen LogP) is 2.70. The van der Waals surface area contributed by atoms with Crippen molar-refractivity contribution in [3.63, 3.8) is 0 Å². The van der Waals surface area contributed by atoms with Crippen molar-refractivity contribution in [2.75, 3.05) is 23.8 Å². The summed E-state index contributed by atoms with van der Waals surface area (Å²) in [7, 11) is 2.00. The fraction of sp³-hybridized carbons (Fsp3) is 0.308. The number of nitrogens with zero attached hydrogens (tertiary/aromatic N) is 4. The topological polar surface area (TPSA) is 53.9 Å². The number of halogens is 1. The lowest BCUT2D eigenvalue weighted by Crippen LogP contribution is -2.19. The maximum absolute atomic E-state index is 4.32. The molecule has 0 aliphatic rings. The van der Waals surface area contributed by atoms with Gasteiger partial charge in [0.1, 0.15) is 22.4 Å². The third kappa shape index (κ3) is 3.41. The van der Waals surface area contributed by atoms with Gasteiger partial charge in [-0.15, -0.1) is 0 Å². The van der Waals surface area contributed by atoms with Gasteiger partial charge in [0, 0.05) is 32.5 Å². The molecular formula is C13H16BrN5. The largest absolute Gasteiger partial charge is 0.369 e. The third-order valence-corrected chi connectivity index (χ3v) is 3.35. The Labute approximate surface area is 121 Å². The second-order valence-electron chi connectivity index (χ2n) is 4.11. The molecular weight excluding hydrogens is 306 g/mol.